The summed E-state index contributed by atoms with van der Waals surface area (Å²) >= 11 is 3.48. The topological polar surface area (TPSA) is 20.2 Å². The van der Waals surface area contributed by atoms with Gasteiger partial charge in [0, 0.05) is 9.89 Å². The standard InChI is InChI=1S/C23H26BrFO/c1-17(2)6-5-14-23(3,15-13-18-9-11-21(25)12-10-18)22(26)19-7-4-8-20(24)16-19/h4,6-13,15-16,22,26H,5,14H2,1-3H3/b15-13+. The van der Waals surface area contributed by atoms with Crippen LogP contribution in [-0.2, 0) is 0 Å². The van der Waals surface area contributed by atoms with Crippen molar-refractivity contribution >= 4 is 22.0 Å². The molecule has 0 saturated carbocycles. The zero-order chi connectivity index (χ0) is 19.2. The summed E-state index contributed by atoms with van der Waals surface area (Å²) < 4.78 is 14.1. The van der Waals surface area contributed by atoms with Crippen molar-refractivity contribution in [3.05, 3.63) is 87.7 Å². The van der Waals surface area contributed by atoms with E-state index in [9.17, 15) is 9.50 Å². The van der Waals surface area contributed by atoms with E-state index in [-0.39, 0.29) is 5.82 Å². The molecule has 2 aromatic carbocycles. The predicted molar refractivity (Wildman–Crippen MR) is 111 cm³/mol. The molecular formula is C23H26BrFO. The molecule has 0 aliphatic heterocycles. The minimum absolute atomic E-state index is 0.248. The number of benzene rings is 2. The van der Waals surface area contributed by atoms with E-state index in [0.29, 0.717) is 0 Å². The van der Waals surface area contributed by atoms with Gasteiger partial charge in [-0.1, -0.05) is 70.9 Å². The molecule has 2 unspecified atom stereocenters. The molecule has 0 amide bonds. The summed E-state index contributed by atoms with van der Waals surface area (Å²) in [5, 5.41) is 11.1. The molecule has 0 saturated heterocycles. The Morgan fingerprint density at radius 1 is 1.19 bits per heavy atom. The highest BCUT2D eigenvalue weighted by Gasteiger charge is 2.31. The Kier molecular flexibility index (Phi) is 7.36. The molecule has 0 radical (unpaired) electrons. The summed E-state index contributed by atoms with van der Waals surface area (Å²) in [6, 6.07) is 14.2. The first-order valence-corrected chi connectivity index (χ1v) is 9.61. The van der Waals surface area contributed by atoms with E-state index in [1.165, 1.54) is 17.7 Å². The van der Waals surface area contributed by atoms with Crippen LogP contribution in [0.5, 0.6) is 0 Å². The summed E-state index contributed by atoms with van der Waals surface area (Å²) in [5.74, 6) is -0.248. The Morgan fingerprint density at radius 2 is 1.88 bits per heavy atom. The summed E-state index contributed by atoms with van der Waals surface area (Å²) in [6.07, 6.45) is 7.26. The third kappa shape index (κ3) is 5.93. The number of aliphatic hydroxyl groups excluding tert-OH is 1. The first-order chi connectivity index (χ1) is 12.3. The van der Waals surface area contributed by atoms with Gasteiger partial charge in [-0.2, -0.15) is 0 Å². The van der Waals surface area contributed by atoms with Gasteiger partial charge in [-0.25, -0.2) is 4.39 Å². The second-order valence-electron chi connectivity index (χ2n) is 7.17. The summed E-state index contributed by atoms with van der Waals surface area (Å²) in [5.41, 5.74) is 2.62. The average Bonchev–Trinajstić information content (AvgIpc) is 2.60. The van der Waals surface area contributed by atoms with Crippen molar-refractivity contribution < 1.29 is 9.50 Å². The average molecular weight is 417 g/mol. The normalized spacial score (nSPS) is 14.8. The molecule has 1 N–H and O–H groups in total. The van der Waals surface area contributed by atoms with Gasteiger partial charge < -0.3 is 5.11 Å². The number of aliphatic hydroxyl groups is 1. The van der Waals surface area contributed by atoms with E-state index < -0.39 is 11.5 Å². The Morgan fingerprint density at radius 3 is 2.50 bits per heavy atom. The first-order valence-electron chi connectivity index (χ1n) is 8.82. The van der Waals surface area contributed by atoms with Crippen molar-refractivity contribution in [2.24, 2.45) is 5.41 Å². The monoisotopic (exact) mass is 416 g/mol. The van der Waals surface area contributed by atoms with Crippen LogP contribution in [0.4, 0.5) is 4.39 Å². The van der Waals surface area contributed by atoms with Crippen LogP contribution < -0.4 is 0 Å². The third-order valence-electron chi connectivity index (χ3n) is 4.55. The van der Waals surface area contributed by atoms with Crippen molar-refractivity contribution in [2.45, 2.75) is 39.7 Å². The Balaban J connectivity index is 2.31. The zero-order valence-electron chi connectivity index (χ0n) is 15.5. The van der Waals surface area contributed by atoms with Crippen LogP contribution in [0.15, 0.2) is 70.7 Å². The van der Waals surface area contributed by atoms with Crippen LogP contribution in [0.1, 0.15) is 50.8 Å². The molecule has 3 heteroatoms. The molecule has 0 spiro atoms. The summed E-state index contributed by atoms with van der Waals surface area (Å²) in [4.78, 5) is 0. The molecule has 0 heterocycles. The SMILES string of the molecule is CC(C)=CCCC(C)(/C=C/c1ccc(F)cc1)C(O)c1cccc(Br)c1. The molecule has 0 aromatic heterocycles. The van der Waals surface area contributed by atoms with Crippen molar-refractivity contribution in [2.75, 3.05) is 0 Å². The highest BCUT2D eigenvalue weighted by atomic mass is 79.9. The van der Waals surface area contributed by atoms with Gasteiger partial charge in [-0.15, -0.1) is 0 Å². The summed E-state index contributed by atoms with van der Waals surface area (Å²) in [6.45, 7) is 6.23. The first kappa shape index (κ1) is 20.6. The maximum absolute atomic E-state index is 13.1. The van der Waals surface area contributed by atoms with Crippen LogP contribution in [0.2, 0.25) is 0 Å². The molecule has 0 fully saturated rings. The minimum Gasteiger partial charge on any atom is -0.388 e. The molecule has 0 bridgehead atoms. The molecule has 2 aromatic rings. The van der Waals surface area contributed by atoms with E-state index >= 15 is 0 Å². The fourth-order valence-corrected chi connectivity index (χ4v) is 3.32. The molecule has 1 nitrogen and oxygen atoms in total. The lowest BCUT2D eigenvalue weighted by molar-refractivity contribution is 0.0648. The van der Waals surface area contributed by atoms with Crippen LogP contribution in [0.25, 0.3) is 6.08 Å². The Hall–Kier alpha value is -1.71. The van der Waals surface area contributed by atoms with Crippen LogP contribution >= 0.6 is 15.9 Å². The van der Waals surface area contributed by atoms with Gasteiger partial charge in [0.05, 0.1) is 6.10 Å². The smallest absolute Gasteiger partial charge is 0.123 e. The van der Waals surface area contributed by atoms with Gasteiger partial charge in [0.15, 0.2) is 0 Å². The molecule has 138 valence electrons. The maximum Gasteiger partial charge on any atom is 0.123 e. The quantitative estimate of drug-likeness (QED) is 0.477. The second-order valence-corrected chi connectivity index (χ2v) is 8.08. The van der Waals surface area contributed by atoms with Crippen molar-refractivity contribution in [3.8, 4) is 0 Å². The number of rotatable bonds is 7. The Bertz CT molecular complexity index is 775. The van der Waals surface area contributed by atoms with Gasteiger partial charge in [-0.05, 0) is 62.1 Å². The van der Waals surface area contributed by atoms with Crippen LogP contribution in [0.3, 0.4) is 0 Å². The van der Waals surface area contributed by atoms with Crippen LogP contribution in [0, 0.1) is 11.2 Å². The third-order valence-corrected chi connectivity index (χ3v) is 5.04. The summed E-state index contributed by atoms with van der Waals surface area (Å²) in [7, 11) is 0. The molecule has 0 aliphatic carbocycles. The lowest BCUT2D eigenvalue weighted by atomic mass is 9.76. The molecule has 2 atom stereocenters. The van der Waals surface area contributed by atoms with Crippen molar-refractivity contribution in [1.82, 2.24) is 0 Å². The lowest BCUT2D eigenvalue weighted by Crippen LogP contribution is -2.23. The minimum atomic E-state index is -0.637. The molecule has 2 rings (SSSR count). The number of hydrogen-bond donors (Lipinski definition) is 1. The predicted octanol–water partition coefficient (Wildman–Crippen LogP) is 7.09. The van der Waals surface area contributed by atoms with Gasteiger partial charge in [0.25, 0.3) is 0 Å². The van der Waals surface area contributed by atoms with E-state index in [1.54, 1.807) is 12.1 Å². The molecule has 26 heavy (non-hydrogen) atoms. The van der Waals surface area contributed by atoms with E-state index in [4.69, 9.17) is 0 Å². The van der Waals surface area contributed by atoms with Crippen LogP contribution in [-0.4, -0.2) is 5.11 Å². The number of hydrogen-bond acceptors (Lipinski definition) is 1. The fourth-order valence-electron chi connectivity index (χ4n) is 2.90. The van der Waals surface area contributed by atoms with E-state index in [1.807, 2.05) is 36.4 Å². The largest absolute Gasteiger partial charge is 0.388 e. The maximum atomic E-state index is 13.1. The van der Waals surface area contributed by atoms with Crippen molar-refractivity contribution in [1.29, 1.82) is 0 Å². The van der Waals surface area contributed by atoms with Gasteiger partial charge in [0.2, 0.25) is 0 Å². The van der Waals surface area contributed by atoms with Gasteiger partial charge in [-0.3, -0.25) is 0 Å². The zero-order valence-corrected chi connectivity index (χ0v) is 17.1. The molecule has 0 aliphatic rings. The number of allylic oxidation sites excluding steroid dienone is 2. The second kappa shape index (κ2) is 9.29. The molecular weight excluding hydrogens is 391 g/mol. The van der Waals surface area contributed by atoms with E-state index in [0.717, 1.165) is 28.4 Å². The Labute approximate surface area is 164 Å². The fraction of sp³-hybridized carbons (Fsp3) is 0.304. The number of halogens is 2. The highest BCUT2D eigenvalue weighted by molar-refractivity contribution is 9.10. The van der Waals surface area contributed by atoms with Crippen molar-refractivity contribution in [3.63, 3.8) is 0 Å². The lowest BCUT2D eigenvalue weighted by Gasteiger charge is -2.32. The highest BCUT2D eigenvalue weighted by Crippen LogP contribution is 2.40. The van der Waals surface area contributed by atoms with Gasteiger partial charge in [0.1, 0.15) is 5.82 Å². The van der Waals surface area contributed by atoms with E-state index in [2.05, 4.69) is 42.8 Å². The van der Waals surface area contributed by atoms with Gasteiger partial charge >= 0.3 is 0 Å².